The first-order chi connectivity index (χ1) is 7.68. The topological polar surface area (TPSA) is 46.9 Å². The molecule has 84 valence electrons. The van der Waals surface area contributed by atoms with Crippen molar-refractivity contribution in [3.63, 3.8) is 0 Å². The van der Waals surface area contributed by atoms with Crippen LogP contribution >= 0.6 is 22.9 Å². The van der Waals surface area contributed by atoms with Crippen molar-refractivity contribution in [2.45, 2.75) is 6.54 Å². The summed E-state index contributed by atoms with van der Waals surface area (Å²) in [7, 11) is 1.69. The Morgan fingerprint density at radius 3 is 3.06 bits per heavy atom. The Balaban J connectivity index is 2.04. The second-order valence-electron chi connectivity index (χ2n) is 3.23. The zero-order valence-corrected chi connectivity index (χ0v) is 10.2. The molecule has 0 aromatic carbocycles. The summed E-state index contributed by atoms with van der Waals surface area (Å²) in [5.41, 5.74) is 0.387. The average molecular weight is 256 g/mol. The van der Waals surface area contributed by atoms with Crippen LogP contribution in [0.25, 0.3) is 0 Å². The Morgan fingerprint density at radius 2 is 2.50 bits per heavy atom. The molecule has 6 heteroatoms. The molecule has 2 aromatic heterocycles. The number of nitrogens with one attached hydrogen (secondary N) is 1. The molecule has 0 bridgehead atoms. The maximum atomic E-state index is 11.8. The van der Waals surface area contributed by atoms with E-state index in [2.05, 4.69) is 10.4 Å². The van der Waals surface area contributed by atoms with Crippen LogP contribution in [-0.2, 0) is 13.6 Å². The number of rotatable bonds is 3. The molecule has 4 nitrogen and oxygen atoms in total. The molecule has 1 N–H and O–H groups in total. The standard InChI is InChI=1S/C10H10ClN3OS/c1-14-9(8(11)6-13-14)10(15)12-5-7-3-2-4-16-7/h2-4,6H,5H2,1H3,(H,12,15). The molecule has 0 saturated heterocycles. The number of hydrogen-bond acceptors (Lipinski definition) is 3. The minimum absolute atomic E-state index is 0.210. The third-order valence-electron chi connectivity index (χ3n) is 2.11. The normalized spacial score (nSPS) is 10.4. The van der Waals surface area contributed by atoms with E-state index in [0.29, 0.717) is 17.3 Å². The molecular formula is C10H10ClN3OS. The fourth-order valence-corrected chi connectivity index (χ4v) is 2.23. The number of aromatic nitrogens is 2. The maximum Gasteiger partial charge on any atom is 0.271 e. The van der Waals surface area contributed by atoms with Crippen LogP contribution in [0.15, 0.2) is 23.7 Å². The largest absolute Gasteiger partial charge is 0.346 e. The molecule has 0 fully saturated rings. The van der Waals surface area contributed by atoms with Gasteiger partial charge in [0.15, 0.2) is 0 Å². The lowest BCUT2D eigenvalue weighted by Crippen LogP contribution is -2.25. The van der Waals surface area contributed by atoms with E-state index in [4.69, 9.17) is 11.6 Å². The third-order valence-corrected chi connectivity index (χ3v) is 3.27. The van der Waals surface area contributed by atoms with Crippen molar-refractivity contribution >= 4 is 28.8 Å². The van der Waals surface area contributed by atoms with Gasteiger partial charge in [0, 0.05) is 11.9 Å². The highest BCUT2D eigenvalue weighted by Gasteiger charge is 2.14. The monoisotopic (exact) mass is 255 g/mol. The van der Waals surface area contributed by atoms with Crippen LogP contribution in [0.3, 0.4) is 0 Å². The van der Waals surface area contributed by atoms with Gasteiger partial charge in [-0.05, 0) is 11.4 Å². The Morgan fingerprint density at radius 1 is 1.69 bits per heavy atom. The zero-order valence-electron chi connectivity index (χ0n) is 8.61. The molecule has 1 amide bonds. The van der Waals surface area contributed by atoms with E-state index in [9.17, 15) is 4.79 Å². The number of nitrogens with zero attached hydrogens (tertiary/aromatic N) is 2. The predicted octanol–water partition coefficient (Wildman–Crippen LogP) is 2.06. The highest BCUT2D eigenvalue weighted by molar-refractivity contribution is 7.09. The molecule has 0 atom stereocenters. The van der Waals surface area contributed by atoms with Gasteiger partial charge in [0.1, 0.15) is 5.69 Å². The minimum Gasteiger partial charge on any atom is -0.346 e. The quantitative estimate of drug-likeness (QED) is 0.913. The molecule has 2 heterocycles. The van der Waals surface area contributed by atoms with E-state index in [1.165, 1.54) is 10.9 Å². The Hall–Kier alpha value is -1.33. The lowest BCUT2D eigenvalue weighted by Gasteiger charge is -2.04. The first-order valence-electron chi connectivity index (χ1n) is 4.66. The number of aryl methyl sites for hydroxylation is 1. The highest BCUT2D eigenvalue weighted by Crippen LogP contribution is 2.14. The summed E-state index contributed by atoms with van der Waals surface area (Å²) >= 11 is 7.46. The van der Waals surface area contributed by atoms with Crippen LogP contribution < -0.4 is 5.32 Å². The molecule has 0 unspecified atom stereocenters. The summed E-state index contributed by atoms with van der Waals surface area (Å²) in [6.45, 7) is 0.512. The van der Waals surface area contributed by atoms with E-state index in [-0.39, 0.29) is 5.91 Å². The zero-order chi connectivity index (χ0) is 11.5. The van der Waals surface area contributed by atoms with Gasteiger partial charge in [-0.3, -0.25) is 9.48 Å². The van der Waals surface area contributed by atoms with E-state index >= 15 is 0 Å². The first-order valence-corrected chi connectivity index (χ1v) is 5.92. The van der Waals surface area contributed by atoms with Gasteiger partial charge in [0.05, 0.1) is 17.8 Å². The number of thiophene rings is 1. The molecule has 0 aliphatic rings. The van der Waals surface area contributed by atoms with Crippen molar-refractivity contribution in [1.82, 2.24) is 15.1 Å². The van der Waals surface area contributed by atoms with Crippen LogP contribution in [0.2, 0.25) is 5.02 Å². The van der Waals surface area contributed by atoms with E-state index < -0.39 is 0 Å². The molecule has 2 aromatic rings. The summed E-state index contributed by atoms with van der Waals surface area (Å²) < 4.78 is 1.46. The fourth-order valence-electron chi connectivity index (χ4n) is 1.33. The van der Waals surface area contributed by atoms with Crippen molar-refractivity contribution in [1.29, 1.82) is 0 Å². The molecular weight excluding hydrogens is 246 g/mol. The maximum absolute atomic E-state index is 11.8. The molecule has 0 radical (unpaired) electrons. The number of amides is 1. The van der Waals surface area contributed by atoms with Gasteiger partial charge in [0.25, 0.3) is 5.91 Å². The molecule has 16 heavy (non-hydrogen) atoms. The van der Waals surface area contributed by atoms with Crippen molar-refractivity contribution in [3.05, 3.63) is 39.3 Å². The Labute approximate surface area is 102 Å². The number of carbonyl (C=O) groups is 1. The number of carbonyl (C=O) groups excluding carboxylic acids is 1. The summed E-state index contributed by atoms with van der Waals surface area (Å²) in [6, 6.07) is 3.92. The molecule has 0 aliphatic carbocycles. The van der Waals surface area contributed by atoms with Crippen LogP contribution in [0, 0.1) is 0 Å². The van der Waals surface area contributed by atoms with E-state index in [1.807, 2.05) is 17.5 Å². The first kappa shape index (κ1) is 11.2. The van der Waals surface area contributed by atoms with Gasteiger partial charge in [-0.1, -0.05) is 17.7 Å². The molecule has 0 aliphatic heterocycles. The van der Waals surface area contributed by atoms with Crippen LogP contribution in [0.4, 0.5) is 0 Å². The summed E-state index contributed by atoms with van der Waals surface area (Å²) in [5, 5.41) is 9.04. The minimum atomic E-state index is -0.210. The van der Waals surface area contributed by atoms with Gasteiger partial charge >= 0.3 is 0 Å². The lowest BCUT2D eigenvalue weighted by atomic mass is 10.4. The average Bonchev–Trinajstić information content (AvgIpc) is 2.86. The second kappa shape index (κ2) is 4.67. The van der Waals surface area contributed by atoms with Crippen LogP contribution in [0.5, 0.6) is 0 Å². The fraction of sp³-hybridized carbons (Fsp3) is 0.200. The van der Waals surface area contributed by atoms with Crippen molar-refractivity contribution in [2.75, 3.05) is 0 Å². The SMILES string of the molecule is Cn1ncc(Cl)c1C(=O)NCc1cccs1. The number of hydrogen-bond donors (Lipinski definition) is 1. The summed E-state index contributed by atoms with van der Waals surface area (Å²) in [6.07, 6.45) is 1.46. The van der Waals surface area contributed by atoms with E-state index in [1.54, 1.807) is 18.4 Å². The van der Waals surface area contributed by atoms with Crippen molar-refractivity contribution in [3.8, 4) is 0 Å². The second-order valence-corrected chi connectivity index (χ2v) is 4.67. The summed E-state index contributed by atoms with van der Waals surface area (Å²) in [4.78, 5) is 12.9. The Bertz CT molecular complexity index is 473. The van der Waals surface area contributed by atoms with Gasteiger partial charge in [0.2, 0.25) is 0 Å². The third kappa shape index (κ3) is 2.25. The molecule has 0 saturated carbocycles. The van der Waals surface area contributed by atoms with Gasteiger partial charge < -0.3 is 5.32 Å². The lowest BCUT2D eigenvalue weighted by molar-refractivity contribution is 0.0942. The van der Waals surface area contributed by atoms with Gasteiger partial charge in [-0.15, -0.1) is 11.3 Å². The predicted molar refractivity (Wildman–Crippen MR) is 63.7 cm³/mol. The van der Waals surface area contributed by atoms with Crippen LogP contribution in [-0.4, -0.2) is 15.7 Å². The molecule has 0 spiro atoms. The summed E-state index contributed by atoms with van der Waals surface area (Å²) in [5.74, 6) is -0.210. The Kier molecular flexibility index (Phi) is 3.26. The van der Waals surface area contributed by atoms with Crippen LogP contribution in [0.1, 0.15) is 15.4 Å². The number of halogens is 1. The van der Waals surface area contributed by atoms with Gasteiger partial charge in [-0.25, -0.2) is 0 Å². The van der Waals surface area contributed by atoms with Crippen molar-refractivity contribution in [2.24, 2.45) is 7.05 Å². The van der Waals surface area contributed by atoms with Gasteiger partial charge in [-0.2, -0.15) is 5.10 Å². The smallest absolute Gasteiger partial charge is 0.271 e. The van der Waals surface area contributed by atoms with E-state index in [0.717, 1.165) is 4.88 Å². The molecule has 2 rings (SSSR count). The van der Waals surface area contributed by atoms with Crippen molar-refractivity contribution < 1.29 is 4.79 Å². The highest BCUT2D eigenvalue weighted by atomic mass is 35.5.